The van der Waals surface area contributed by atoms with Crippen LogP contribution in [0.1, 0.15) is 34.6 Å². The van der Waals surface area contributed by atoms with E-state index in [0.717, 1.165) is 0 Å². The van der Waals surface area contributed by atoms with Crippen molar-refractivity contribution < 1.29 is 14.3 Å². The highest BCUT2D eigenvalue weighted by molar-refractivity contribution is 9.10. The first-order valence-corrected chi connectivity index (χ1v) is 5.32. The summed E-state index contributed by atoms with van der Waals surface area (Å²) >= 11 is 3.22. The lowest BCUT2D eigenvalue weighted by atomic mass is 10.1. The number of benzene rings is 1. The van der Waals surface area contributed by atoms with Crippen molar-refractivity contribution in [3.05, 3.63) is 27.7 Å². The molecule has 0 aliphatic rings. The summed E-state index contributed by atoms with van der Waals surface area (Å²) in [6.45, 7) is 3.79. The highest BCUT2D eigenvalue weighted by Gasteiger charge is 2.12. The minimum Gasteiger partial charge on any atom is -0.494 e. The van der Waals surface area contributed by atoms with E-state index < -0.39 is 0 Å². The van der Waals surface area contributed by atoms with Crippen molar-refractivity contribution in [2.75, 3.05) is 6.61 Å². The van der Waals surface area contributed by atoms with Gasteiger partial charge in [0.25, 0.3) is 0 Å². The molecule has 0 radical (unpaired) electrons. The molecule has 0 amide bonds. The van der Waals surface area contributed by atoms with Gasteiger partial charge in [-0.2, -0.15) is 0 Å². The number of carbonyl (C=O) groups is 2. The Labute approximate surface area is 96.6 Å². The number of halogens is 1. The predicted octanol–water partition coefficient (Wildman–Crippen LogP) is 2.86. The molecule has 0 saturated heterocycles. The fourth-order valence-electron chi connectivity index (χ4n) is 1.21. The van der Waals surface area contributed by atoms with Crippen molar-refractivity contribution in [1.82, 2.24) is 0 Å². The van der Waals surface area contributed by atoms with E-state index in [4.69, 9.17) is 4.74 Å². The fraction of sp³-hybridized carbons (Fsp3) is 0.273. The van der Waals surface area contributed by atoms with Crippen LogP contribution in [0.3, 0.4) is 0 Å². The number of rotatable bonds is 4. The molecular weight excluding hydrogens is 260 g/mol. The lowest BCUT2D eigenvalue weighted by molar-refractivity contribution is 0.101. The number of ketones is 1. The Kier molecular flexibility index (Phi) is 4.03. The molecule has 3 nitrogen and oxygen atoms in total. The van der Waals surface area contributed by atoms with Crippen molar-refractivity contribution in [3.8, 4) is 5.75 Å². The van der Waals surface area contributed by atoms with Crippen molar-refractivity contribution >= 4 is 28.0 Å². The largest absolute Gasteiger partial charge is 0.494 e. The summed E-state index contributed by atoms with van der Waals surface area (Å²) in [5, 5.41) is 0. The second-order valence-electron chi connectivity index (χ2n) is 2.98. The summed E-state index contributed by atoms with van der Waals surface area (Å²) in [6.07, 6.45) is 0.693. The van der Waals surface area contributed by atoms with Crippen LogP contribution in [0.2, 0.25) is 0 Å². The summed E-state index contributed by atoms with van der Waals surface area (Å²) in [7, 11) is 0. The Bertz CT molecular complexity index is 399. The lowest BCUT2D eigenvalue weighted by Crippen LogP contribution is -2.00. The smallest absolute Gasteiger partial charge is 0.161 e. The van der Waals surface area contributed by atoms with E-state index in [0.29, 0.717) is 34.2 Å². The van der Waals surface area contributed by atoms with E-state index >= 15 is 0 Å². The van der Waals surface area contributed by atoms with Crippen LogP contribution in [0.15, 0.2) is 16.6 Å². The van der Waals surface area contributed by atoms with Crippen LogP contribution in [0.25, 0.3) is 0 Å². The molecule has 0 atom stereocenters. The fourth-order valence-corrected chi connectivity index (χ4v) is 1.81. The quantitative estimate of drug-likeness (QED) is 0.624. The van der Waals surface area contributed by atoms with Crippen molar-refractivity contribution in [1.29, 1.82) is 0 Å². The maximum Gasteiger partial charge on any atom is 0.161 e. The average Bonchev–Trinajstić information content (AvgIpc) is 2.20. The summed E-state index contributed by atoms with van der Waals surface area (Å²) in [5.41, 5.74) is 0.884. The molecule has 1 aromatic carbocycles. The van der Waals surface area contributed by atoms with E-state index in [1.165, 1.54) is 6.92 Å². The monoisotopic (exact) mass is 270 g/mol. The minimum atomic E-state index is -0.105. The van der Waals surface area contributed by atoms with Crippen LogP contribution in [0.5, 0.6) is 5.75 Å². The van der Waals surface area contributed by atoms with Crippen LogP contribution < -0.4 is 4.74 Å². The zero-order valence-corrected chi connectivity index (χ0v) is 10.1. The number of aldehydes is 1. The van der Waals surface area contributed by atoms with E-state index in [1.807, 2.05) is 6.92 Å². The first-order valence-electron chi connectivity index (χ1n) is 4.52. The molecular formula is C11H11BrO3. The van der Waals surface area contributed by atoms with Gasteiger partial charge in [-0.1, -0.05) is 0 Å². The van der Waals surface area contributed by atoms with Gasteiger partial charge in [0.1, 0.15) is 5.75 Å². The number of Topliss-reactive ketones (excluding diaryl/α,β-unsaturated/α-hetero) is 1. The van der Waals surface area contributed by atoms with Gasteiger partial charge in [-0.15, -0.1) is 0 Å². The topological polar surface area (TPSA) is 43.4 Å². The molecule has 0 aliphatic carbocycles. The van der Waals surface area contributed by atoms with Gasteiger partial charge in [-0.05, 0) is 41.9 Å². The molecule has 0 saturated carbocycles. The molecule has 0 heterocycles. The second kappa shape index (κ2) is 5.07. The standard InChI is InChI=1S/C11H11BrO3/c1-3-15-9-4-8(6-13)11(12)10(5-9)7(2)14/h4-6H,3H2,1-2H3. The second-order valence-corrected chi connectivity index (χ2v) is 3.77. The molecule has 0 spiro atoms. The van der Waals surface area contributed by atoms with Crippen molar-refractivity contribution in [2.45, 2.75) is 13.8 Å². The molecule has 0 aromatic heterocycles. The molecule has 0 bridgehead atoms. The molecule has 1 aromatic rings. The first kappa shape index (κ1) is 11.9. The van der Waals surface area contributed by atoms with Gasteiger partial charge in [-0.3, -0.25) is 9.59 Å². The van der Waals surface area contributed by atoms with Gasteiger partial charge in [-0.25, -0.2) is 0 Å². The number of ether oxygens (including phenoxy) is 1. The average molecular weight is 271 g/mol. The lowest BCUT2D eigenvalue weighted by Gasteiger charge is -2.08. The van der Waals surface area contributed by atoms with Gasteiger partial charge in [0.15, 0.2) is 12.1 Å². The summed E-state index contributed by atoms with van der Waals surface area (Å²) in [5.74, 6) is 0.430. The summed E-state index contributed by atoms with van der Waals surface area (Å²) < 4.78 is 5.78. The Hall–Kier alpha value is -1.16. The summed E-state index contributed by atoms with van der Waals surface area (Å²) in [6, 6.07) is 3.23. The van der Waals surface area contributed by atoms with Gasteiger partial charge in [0, 0.05) is 15.6 Å². The van der Waals surface area contributed by atoms with Gasteiger partial charge < -0.3 is 4.74 Å². The van der Waals surface area contributed by atoms with Gasteiger partial charge in [0.05, 0.1) is 6.61 Å². The molecule has 0 fully saturated rings. The van der Waals surface area contributed by atoms with Crippen molar-refractivity contribution in [3.63, 3.8) is 0 Å². The van der Waals surface area contributed by atoms with E-state index in [9.17, 15) is 9.59 Å². The van der Waals surface area contributed by atoms with Crippen LogP contribution in [0, 0.1) is 0 Å². The van der Waals surface area contributed by atoms with Crippen LogP contribution >= 0.6 is 15.9 Å². The molecule has 4 heteroatoms. The third-order valence-electron chi connectivity index (χ3n) is 1.89. The molecule has 0 unspecified atom stereocenters. The summed E-state index contributed by atoms with van der Waals surface area (Å²) in [4.78, 5) is 22.1. The highest BCUT2D eigenvalue weighted by Crippen LogP contribution is 2.27. The Morgan fingerprint density at radius 2 is 2.20 bits per heavy atom. The molecule has 1 rings (SSSR count). The van der Waals surface area contributed by atoms with Crippen molar-refractivity contribution in [2.24, 2.45) is 0 Å². The van der Waals surface area contributed by atoms with Gasteiger partial charge >= 0.3 is 0 Å². The molecule has 0 N–H and O–H groups in total. The Morgan fingerprint density at radius 3 is 2.67 bits per heavy atom. The zero-order valence-electron chi connectivity index (χ0n) is 8.54. The maximum atomic E-state index is 11.3. The minimum absolute atomic E-state index is 0.105. The highest BCUT2D eigenvalue weighted by atomic mass is 79.9. The third kappa shape index (κ3) is 2.65. The molecule has 0 aliphatic heterocycles. The third-order valence-corrected chi connectivity index (χ3v) is 2.78. The Morgan fingerprint density at radius 1 is 1.53 bits per heavy atom. The van der Waals surface area contributed by atoms with Crippen LogP contribution in [-0.2, 0) is 0 Å². The number of carbonyl (C=O) groups excluding carboxylic acids is 2. The van der Waals surface area contributed by atoms with Gasteiger partial charge in [0.2, 0.25) is 0 Å². The maximum absolute atomic E-state index is 11.3. The van der Waals surface area contributed by atoms with E-state index in [1.54, 1.807) is 12.1 Å². The number of hydrogen-bond donors (Lipinski definition) is 0. The predicted molar refractivity (Wildman–Crippen MR) is 60.7 cm³/mol. The first-order chi connectivity index (χ1) is 7.10. The Balaban J connectivity index is 3.31. The van der Waals surface area contributed by atoms with E-state index in [2.05, 4.69) is 15.9 Å². The normalized spacial score (nSPS) is 9.80. The van der Waals surface area contributed by atoms with Crippen LogP contribution in [0.4, 0.5) is 0 Å². The molecule has 15 heavy (non-hydrogen) atoms. The molecule has 80 valence electrons. The number of hydrogen-bond acceptors (Lipinski definition) is 3. The zero-order chi connectivity index (χ0) is 11.4. The SMILES string of the molecule is CCOc1cc(C=O)c(Br)c(C(C)=O)c1. The van der Waals surface area contributed by atoms with Crippen LogP contribution in [-0.4, -0.2) is 18.7 Å². The van der Waals surface area contributed by atoms with E-state index in [-0.39, 0.29) is 5.78 Å².